The van der Waals surface area contributed by atoms with Gasteiger partial charge in [0.1, 0.15) is 0 Å². The van der Waals surface area contributed by atoms with Crippen LogP contribution in [0.25, 0.3) is 11.3 Å². The summed E-state index contributed by atoms with van der Waals surface area (Å²) >= 11 is 3.19. The third-order valence-corrected chi connectivity index (χ3v) is 5.79. The van der Waals surface area contributed by atoms with Gasteiger partial charge in [-0.3, -0.25) is 4.79 Å². The Labute approximate surface area is 174 Å². The topological polar surface area (TPSA) is 54.9 Å². The molecule has 0 spiro atoms. The second-order valence-electron chi connectivity index (χ2n) is 6.22. The summed E-state index contributed by atoms with van der Waals surface area (Å²) in [5.41, 5.74) is 4.14. The van der Waals surface area contributed by atoms with E-state index < -0.39 is 0 Å². The molecule has 0 saturated heterocycles. The number of aromatic nitrogens is 2. The molecule has 1 heterocycles. The average molecular weight is 410 g/mol. The number of carbonyl (C=O) groups is 1. The van der Waals surface area contributed by atoms with Crippen LogP contribution in [-0.4, -0.2) is 33.9 Å². The van der Waals surface area contributed by atoms with Crippen LogP contribution < -0.4 is 5.32 Å². The van der Waals surface area contributed by atoms with Crippen LogP contribution in [0.1, 0.15) is 11.3 Å². The lowest BCUT2D eigenvalue weighted by Gasteiger charge is -2.07. The molecule has 1 aromatic heterocycles. The molecule has 0 bridgehead atoms. The van der Waals surface area contributed by atoms with E-state index >= 15 is 0 Å². The highest BCUT2D eigenvalue weighted by Crippen LogP contribution is 2.21. The van der Waals surface area contributed by atoms with Crippen molar-refractivity contribution >= 4 is 29.4 Å². The predicted molar refractivity (Wildman–Crippen MR) is 119 cm³/mol. The van der Waals surface area contributed by atoms with Crippen molar-refractivity contribution in [2.45, 2.75) is 17.8 Å². The summed E-state index contributed by atoms with van der Waals surface area (Å²) in [5.74, 6) is 2.19. The Hall–Kier alpha value is -2.31. The number of hydrogen-bond donors (Lipinski definition) is 1. The third-order valence-electron chi connectivity index (χ3n) is 3.92. The molecule has 0 radical (unpaired) electrons. The first-order valence-corrected chi connectivity index (χ1v) is 11.3. The van der Waals surface area contributed by atoms with E-state index in [2.05, 4.69) is 27.4 Å². The second kappa shape index (κ2) is 10.9. The zero-order valence-electron chi connectivity index (χ0n) is 15.8. The maximum absolute atomic E-state index is 12.1. The van der Waals surface area contributed by atoms with E-state index in [0.717, 1.165) is 28.5 Å². The highest BCUT2D eigenvalue weighted by atomic mass is 32.2. The molecule has 28 heavy (non-hydrogen) atoms. The van der Waals surface area contributed by atoms with Gasteiger partial charge in [0, 0.05) is 29.3 Å². The number of carbonyl (C=O) groups excluding carboxylic acids is 1. The lowest BCUT2D eigenvalue weighted by molar-refractivity contribution is -0.118. The average Bonchev–Trinajstić information content (AvgIpc) is 2.73. The van der Waals surface area contributed by atoms with Crippen LogP contribution in [0.4, 0.5) is 0 Å². The second-order valence-corrected chi connectivity index (χ2v) is 8.27. The first-order chi connectivity index (χ1) is 13.7. The number of amides is 1. The fourth-order valence-corrected chi connectivity index (χ4v) is 4.12. The first-order valence-electron chi connectivity index (χ1n) is 9.13. The number of aryl methyl sites for hydroxylation is 1. The largest absolute Gasteiger partial charge is 0.355 e. The summed E-state index contributed by atoms with van der Waals surface area (Å²) in [6.45, 7) is 2.61. The number of nitrogens with one attached hydrogen (secondary N) is 1. The van der Waals surface area contributed by atoms with Gasteiger partial charge in [-0.25, -0.2) is 9.97 Å². The van der Waals surface area contributed by atoms with Gasteiger partial charge in [0.05, 0.1) is 11.4 Å². The molecule has 144 valence electrons. The quantitative estimate of drug-likeness (QED) is 0.318. The molecule has 0 aliphatic carbocycles. The van der Waals surface area contributed by atoms with Gasteiger partial charge < -0.3 is 5.32 Å². The monoisotopic (exact) mass is 409 g/mol. The summed E-state index contributed by atoms with van der Waals surface area (Å²) in [6, 6.07) is 22.3. The molecule has 0 aliphatic rings. The highest BCUT2D eigenvalue weighted by molar-refractivity contribution is 7.99. The third kappa shape index (κ3) is 6.69. The summed E-state index contributed by atoms with van der Waals surface area (Å²) < 4.78 is 0. The van der Waals surface area contributed by atoms with Crippen molar-refractivity contribution in [3.05, 3.63) is 78.0 Å². The zero-order chi connectivity index (χ0) is 19.6. The molecule has 3 rings (SSSR count). The summed E-state index contributed by atoms with van der Waals surface area (Å²) in [4.78, 5) is 21.1. The van der Waals surface area contributed by atoms with E-state index in [4.69, 9.17) is 0 Å². The Kier molecular flexibility index (Phi) is 7.94. The minimum absolute atomic E-state index is 0.0108. The Bertz CT molecular complexity index is 889. The SMILES string of the molecule is Cc1cc(-c2ccccc2)nc(SCC(=O)NCCSCc2ccccc2)n1. The van der Waals surface area contributed by atoms with Crippen LogP contribution in [0.3, 0.4) is 0 Å². The van der Waals surface area contributed by atoms with Gasteiger partial charge in [-0.15, -0.1) is 0 Å². The fraction of sp³-hybridized carbons (Fsp3) is 0.227. The van der Waals surface area contributed by atoms with Crippen molar-refractivity contribution in [2.75, 3.05) is 18.1 Å². The van der Waals surface area contributed by atoms with Crippen LogP contribution in [0, 0.1) is 6.92 Å². The number of benzene rings is 2. The number of hydrogen-bond acceptors (Lipinski definition) is 5. The zero-order valence-corrected chi connectivity index (χ0v) is 17.4. The fourth-order valence-electron chi connectivity index (χ4n) is 2.57. The molecule has 2 aromatic carbocycles. The molecule has 4 nitrogen and oxygen atoms in total. The van der Waals surface area contributed by atoms with Gasteiger partial charge in [0.2, 0.25) is 5.91 Å². The number of rotatable bonds is 9. The minimum atomic E-state index is 0.0108. The maximum atomic E-state index is 12.1. The Morgan fingerprint density at radius 2 is 1.71 bits per heavy atom. The normalized spacial score (nSPS) is 10.6. The molecule has 0 aliphatic heterocycles. The van der Waals surface area contributed by atoms with Crippen molar-refractivity contribution in [1.82, 2.24) is 15.3 Å². The molecule has 0 fully saturated rings. The van der Waals surface area contributed by atoms with Gasteiger partial charge >= 0.3 is 0 Å². The number of nitrogens with zero attached hydrogens (tertiary/aromatic N) is 2. The molecular formula is C22H23N3OS2. The molecule has 0 unspecified atom stereocenters. The van der Waals surface area contributed by atoms with Crippen molar-refractivity contribution in [3.63, 3.8) is 0 Å². The van der Waals surface area contributed by atoms with Crippen LogP contribution in [-0.2, 0) is 10.5 Å². The molecule has 3 aromatic rings. The van der Waals surface area contributed by atoms with E-state index in [1.54, 1.807) is 0 Å². The van der Waals surface area contributed by atoms with E-state index in [-0.39, 0.29) is 5.91 Å². The summed E-state index contributed by atoms with van der Waals surface area (Å²) in [6.07, 6.45) is 0. The predicted octanol–water partition coefficient (Wildman–Crippen LogP) is 4.59. The first kappa shape index (κ1) is 20.4. The van der Waals surface area contributed by atoms with Gasteiger partial charge in [0.25, 0.3) is 0 Å². The molecular weight excluding hydrogens is 386 g/mol. The van der Waals surface area contributed by atoms with E-state index in [0.29, 0.717) is 17.5 Å². The molecule has 0 atom stereocenters. The minimum Gasteiger partial charge on any atom is -0.355 e. The van der Waals surface area contributed by atoms with Crippen LogP contribution >= 0.6 is 23.5 Å². The van der Waals surface area contributed by atoms with Crippen molar-refractivity contribution < 1.29 is 4.79 Å². The lowest BCUT2D eigenvalue weighted by atomic mass is 10.1. The standard InChI is InChI=1S/C22H23N3OS2/c1-17-14-20(19-10-6-3-7-11-19)25-22(24-17)28-16-21(26)23-12-13-27-15-18-8-4-2-5-9-18/h2-11,14H,12-13,15-16H2,1H3,(H,23,26). The van der Waals surface area contributed by atoms with Crippen molar-refractivity contribution in [1.29, 1.82) is 0 Å². The summed E-state index contributed by atoms with van der Waals surface area (Å²) in [7, 11) is 0. The van der Waals surface area contributed by atoms with Gasteiger partial charge in [-0.2, -0.15) is 11.8 Å². The lowest BCUT2D eigenvalue weighted by Crippen LogP contribution is -2.27. The Morgan fingerprint density at radius 3 is 2.46 bits per heavy atom. The van der Waals surface area contributed by atoms with Crippen LogP contribution in [0.15, 0.2) is 71.9 Å². The van der Waals surface area contributed by atoms with Crippen LogP contribution in [0.5, 0.6) is 0 Å². The Balaban J connectivity index is 1.41. The van der Waals surface area contributed by atoms with Crippen molar-refractivity contribution in [3.8, 4) is 11.3 Å². The highest BCUT2D eigenvalue weighted by Gasteiger charge is 2.08. The number of thioether (sulfide) groups is 2. The maximum Gasteiger partial charge on any atom is 0.230 e. The summed E-state index contributed by atoms with van der Waals surface area (Å²) in [5, 5.41) is 3.60. The van der Waals surface area contributed by atoms with Gasteiger partial charge in [0.15, 0.2) is 5.16 Å². The van der Waals surface area contributed by atoms with Crippen LogP contribution in [0.2, 0.25) is 0 Å². The molecule has 1 amide bonds. The van der Waals surface area contributed by atoms with E-state index in [1.807, 2.05) is 73.3 Å². The van der Waals surface area contributed by atoms with Gasteiger partial charge in [-0.05, 0) is 18.6 Å². The van der Waals surface area contributed by atoms with Gasteiger partial charge in [-0.1, -0.05) is 72.4 Å². The molecule has 0 saturated carbocycles. The molecule has 1 N–H and O–H groups in total. The van der Waals surface area contributed by atoms with Crippen molar-refractivity contribution in [2.24, 2.45) is 0 Å². The molecule has 6 heteroatoms. The van der Waals surface area contributed by atoms with E-state index in [1.165, 1.54) is 17.3 Å². The Morgan fingerprint density at radius 1 is 1.00 bits per heavy atom. The smallest absolute Gasteiger partial charge is 0.230 e. The van der Waals surface area contributed by atoms with E-state index in [9.17, 15) is 4.79 Å².